The quantitative estimate of drug-likeness (QED) is 0.596. The van der Waals surface area contributed by atoms with Crippen molar-refractivity contribution in [2.24, 2.45) is 0 Å². The van der Waals surface area contributed by atoms with Gasteiger partial charge in [-0.1, -0.05) is 70.4 Å². The van der Waals surface area contributed by atoms with E-state index >= 15 is 0 Å². The molecule has 1 aliphatic rings. The second kappa shape index (κ2) is 9.31. The lowest BCUT2D eigenvalue weighted by atomic mass is 10.2. The molecule has 0 aromatic heterocycles. The molecular weight excluding hydrogens is 156 g/mol. The highest BCUT2D eigenvalue weighted by atomic mass is 14.0. The van der Waals surface area contributed by atoms with Crippen LogP contribution in [0, 0.1) is 0 Å². The van der Waals surface area contributed by atoms with E-state index in [-0.39, 0.29) is 0 Å². The van der Waals surface area contributed by atoms with Gasteiger partial charge in [-0.05, 0) is 12.0 Å². The summed E-state index contributed by atoms with van der Waals surface area (Å²) in [6.07, 6.45) is 5.64. The molecule has 74 valence electrons. The maximum absolute atomic E-state index is 2.16. The summed E-state index contributed by atoms with van der Waals surface area (Å²) >= 11 is 0. The van der Waals surface area contributed by atoms with Gasteiger partial charge in [-0.2, -0.15) is 0 Å². The number of hydrogen-bond donors (Lipinski definition) is 0. The third-order valence-corrected chi connectivity index (χ3v) is 1.60. The zero-order valence-electron chi connectivity index (χ0n) is 9.22. The van der Waals surface area contributed by atoms with Gasteiger partial charge in [0.25, 0.3) is 0 Å². The first-order valence-corrected chi connectivity index (χ1v) is 5.47. The topological polar surface area (TPSA) is 0 Å². The van der Waals surface area contributed by atoms with Crippen LogP contribution in [0.3, 0.4) is 0 Å². The highest BCUT2D eigenvalue weighted by molar-refractivity contribution is 5.13. The smallest absolute Gasteiger partial charge is 0.0307 e. The van der Waals surface area contributed by atoms with Gasteiger partial charge in [-0.3, -0.25) is 0 Å². The number of rotatable bonds is 1. The van der Waals surface area contributed by atoms with Crippen molar-refractivity contribution in [3.8, 4) is 0 Å². The molecule has 0 aliphatic heterocycles. The predicted molar refractivity (Wildman–Crippen MR) is 61.0 cm³/mol. The van der Waals surface area contributed by atoms with Gasteiger partial charge in [0.1, 0.15) is 0 Å². The fourth-order valence-corrected chi connectivity index (χ4v) is 0.714. The van der Waals surface area contributed by atoms with Crippen LogP contribution in [0.1, 0.15) is 45.6 Å². The molecule has 0 bridgehead atoms. The number of hydrogen-bond acceptors (Lipinski definition) is 0. The Kier molecular flexibility index (Phi) is 8.75. The Bertz CT molecular complexity index is 172. The van der Waals surface area contributed by atoms with Crippen LogP contribution in [0.15, 0.2) is 30.3 Å². The summed E-state index contributed by atoms with van der Waals surface area (Å²) in [6.45, 7) is 6.16. The molecule has 0 nitrogen and oxygen atoms in total. The van der Waals surface area contributed by atoms with Gasteiger partial charge in [0, 0.05) is 0 Å². The van der Waals surface area contributed by atoms with Crippen LogP contribution in [0.5, 0.6) is 0 Å². The number of benzene rings is 1. The zero-order valence-corrected chi connectivity index (χ0v) is 9.22. The third-order valence-electron chi connectivity index (χ3n) is 1.60. The van der Waals surface area contributed by atoms with E-state index in [1.54, 1.807) is 0 Å². The van der Waals surface area contributed by atoms with E-state index in [2.05, 4.69) is 31.2 Å². The van der Waals surface area contributed by atoms with Gasteiger partial charge in [-0.15, -0.1) is 0 Å². The van der Waals surface area contributed by atoms with Crippen LogP contribution in [-0.4, -0.2) is 0 Å². The van der Waals surface area contributed by atoms with E-state index < -0.39 is 0 Å². The van der Waals surface area contributed by atoms with Gasteiger partial charge in [0.2, 0.25) is 0 Å². The molecule has 0 N–H and O–H groups in total. The average Bonchev–Trinajstić information content (AvgIpc) is 3.09. The van der Waals surface area contributed by atoms with Crippen LogP contribution in [0.2, 0.25) is 0 Å². The minimum Gasteiger partial charge on any atom is -0.0683 e. The number of aryl methyl sites for hydroxylation is 1. The molecule has 1 saturated carbocycles. The summed E-state index contributed by atoms with van der Waals surface area (Å²) in [4.78, 5) is 0. The largest absolute Gasteiger partial charge is 0.0683 e. The van der Waals surface area contributed by atoms with Gasteiger partial charge in [-0.25, -0.2) is 0 Å². The minimum absolute atomic E-state index is 1.14. The standard InChI is InChI=1S/C8H10.C3H6.C2H6/c1-2-8-6-4-3-5-7-8;1-2-3-1;1-2/h3-7H,2H2,1H3;1-3H2;1-2H3. The van der Waals surface area contributed by atoms with Crippen molar-refractivity contribution in [2.45, 2.75) is 46.5 Å². The van der Waals surface area contributed by atoms with Gasteiger partial charge in [0.05, 0.1) is 0 Å². The van der Waals surface area contributed by atoms with Crippen molar-refractivity contribution >= 4 is 0 Å². The molecule has 0 unspecified atom stereocenters. The van der Waals surface area contributed by atoms with Crippen molar-refractivity contribution < 1.29 is 0 Å². The molecule has 0 heteroatoms. The van der Waals surface area contributed by atoms with Gasteiger partial charge >= 0.3 is 0 Å². The fourth-order valence-electron chi connectivity index (χ4n) is 0.714. The normalized spacial score (nSPS) is 11.6. The van der Waals surface area contributed by atoms with Crippen molar-refractivity contribution in [3.63, 3.8) is 0 Å². The molecule has 13 heavy (non-hydrogen) atoms. The Balaban J connectivity index is 0.000000239. The summed E-state index contributed by atoms with van der Waals surface area (Å²) in [6, 6.07) is 10.5. The summed E-state index contributed by atoms with van der Waals surface area (Å²) in [7, 11) is 0. The van der Waals surface area contributed by atoms with E-state index in [1.165, 1.54) is 24.8 Å². The SMILES string of the molecule is C1CC1.CC.CCc1ccccc1. The zero-order chi connectivity index (χ0) is 9.94. The molecule has 0 radical (unpaired) electrons. The Morgan fingerprint density at radius 2 is 1.38 bits per heavy atom. The Morgan fingerprint density at radius 3 is 1.62 bits per heavy atom. The Labute approximate surface area is 83.0 Å². The fraction of sp³-hybridized carbons (Fsp3) is 0.538. The molecular formula is C13H22. The third kappa shape index (κ3) is 9.13. The molecule has 0 atom stereocenters. The summed E-state index contributed by atoms with van der Waals surface area (Å²) in [5.74, 6) is 0. The molecule has 0 amide bonds. The van der Waals surface area contributed by atoms with Crippen LogP contribution >= 0.6 is 0 Å². The van der Waals surface area contributed by atoms with Gasteiger partial charge < -0.3 is 0 Å². The van der Waals surface area contributed by atoms with Crippen LogP contribution < -0.4 is 0 Å². The molecule has 0 saturated heterocycles. The second-order valence-electron chi connectivity index (χ2n) is 2.90. The average molecular weight is 178 g/mol. The predicted octanol–water partition coefficient (Wildman–Crippen LogP) is 4.45. The minimum atomic E-state index is 1.14. The van der Waals surface area contributed by atoms with E-state index in [0.717, 1.165) is 6.42 Å². The van der Waals surface area contributed by atoms with Crippen molar-refractivity contribution in [3.05, 3.63) is 35.9 Å². The van der Waals surface area contributed by atoms with Crippen LogP contribution in [0.25, 0.3) is 0 Å². The summed E-state index contributed by atoms with van der Waals surface area (Å²) < 4.78 is 0. The molecule has 1 aromatic rings. The first-order valence-electron chi connectivity index (χ1n) is 5.47. The van der Waals surface area contributed by atoms with Crippen LogP contribution in [-0.2, 0) is 6.42 Å². The van der Waals surface area contributed by atoms with E-state index in [1.807, 2.05) is 19.9 Å². The first kappa shape index (κ1) is 12.2. The highest BCUT2D eigenvalue weighted by Gasteiger charge is 1.95. The monoisotopic (exact) mass is 178 g/mol. The summed E-state index contributed by atoms with van der Waals surface area (Å²) in [5.41, 5.74) is 1.41. The van der Waals surface area contributed by atoms with E-state index in [0.29, 0.717) is 0 Å². The first-order chi connectivity index (χ1) is 6.43. The lowest BCUT2D eigenvalue weighted by Crippen LogP contribution is -1.73. The molecule has 0 heterocycles. The second-order valence-corrected chi connectivity index (χ2v) is 2.90. The molecule has 1 aromatic carbocycles. The van der Waals surface area contributed by atoms with Crippen molar-refractivity contribution in [1.82, 2.24) is 0 Å². The Hall–Kier alpha value is -0.780. The van der Waals surface area contributed by atoms with Crippen molar-refractivity contribution in [2.75, 3.05) is 0 Å². The van der Waals surface area contributed by atoms with Crippen molar-refractivity contribution in [1.29, 1.82) is 0 Å². The van der Waals surface area contributed by atoms with Crippen LogP contribution in [0.4, 0.5) is 0 Å². The molecule has 1 fully saturated rings. The summed E-state index contributed by atoms with van der Waals surface area (Å²) in [5, 5.41) is 0. The lowest BCUT2D eigenvalue weighted by molar-refractivity contribution is 1.14. The highest BCUT2D eigenvalue weighted by Crippen LogP contribution is 2.14. The van der Waals surface area contributed by atoms with E-state index in [4.69, 9.17) is 0 Å². The molecule has 1 aliphatic carbocycles. The molecule has 0 spiro atoms. The maximum Gasteiger partial charge on any atom is -0.0307 e. The maximum atomic E-state index is 2.16. The Morgan fingerprint density at radius 1 is 0.923 bits per heavy atom. The lowest BCUT2D eigenvalue weighted by Gasteiger charge is -1.89. The van der Waals surface area contributed by atoms with Gasteiger partial charge in [0.15, 0.2) is 0 Å². The van der Waals surface area contributed by atoms with E-state index in [9.17, 15) is 0 Å². The molecule has 2 rings (SSSR count).